The maximum atomic E-state index is 12.9. The lowest BCUT2D eigenvalue weighted by molar-refractivity contribution is -0.120. The molecule has 0 unspecified atom stereocenters. The largest absolute Gasteiger partial charge is 0.326 e. The number of nitrogens with one attached hydrogen (secondary N) is 1. The average Bonchev–Trinajstić information content (AvgIpc) is 2.64. The summed E-state index contributed by atoms with van der Waals surface area (Å²) in [5, 5.41) is 2.90. The summed E-state index contributed by atoms with van der Waals surface area (Å²) >= 11 is 0. The predicted molar refractivity (Wildman–Crippen MR) is 102 cm³/mol. The molecule has 0 bridgehead atoms. The van der Waals surface area contributed by atoms with Crippen LogP contribution in [0.4, 0.5) is 5.69 Å². The van der Waals surface area contributed by atoms with E-state index in [0.29, 0.717) is 19.4 Å². The van der Waals surface area contributed by atoms with E-state index < -0.39 is 10.0 Å². The van der Waals surface area contributed by atoms with Crippen LogP contribution in [0.3, 0.4) is 0 Å². The van der Waals surface area contributed by atoms with Crippen molar-refractivity contribution in [3.05, 3.63) is 59.7 Å². The van der Waals surface area contributed by atoms with Crippen molar-refractivity contribution >= 4 is 21.6 Å². The summed E-state index contributed by atoms with van der Waals surface area (Å²) in [4.78, 5) is 12.9. The highest BCUT2D eigenvalue weighted by molar-refractivity contribution is 7.89. The zero-order valence-corrected chi connectivity index (χ0v) is 15.9. The van der Waals surface area contributed by atoms with Crippen molar-refractivity contribution in [3.8, 4) is 0 Å². The summed E-state index contributed by atoms with van der Waals surface area (Å²) in [5.74, 6) is -0.470. The van der Waals surface area contributed by atoms with E-state index in [4.69, 9.17) is 0 Å². The summed E-state index contributed by atoms with van der Waals surface area (Å²) in [7, 11) is -3.57. The van der Waals surface area contributed by atoms with E-state index in [1.807, 2.05) is 38.1 Å². The molecule has 0 spiro atoms. The van der Waals surface area contributed by atoms with E-state index in [9.17, 15) is 13.2 Å². The fourth-order valence-corrected chi connectivity index (χ4v) is 4.64. The third kappa shape index (κ3) is 4.14. The quantitative estimate of drug-likeness (QED) is 0.895. The van der Waals surface area contributed by atoms with Crippen LogP contribution in [-0.4, -0.2) is 31.7 Å². The van der Waals surface area contributed by atoms with Gasteiger partial charge in [0.15, 0.2) is 0 Å². The van der Waals surface area contributed by atoms with Gasteiger partial charge in [-0.2, -0.15) is 4.31 Å². The molecule has 6 heteroatoms. The first kappa shape index (κ1) is 18.6. The summed E-state index contributed by atoms with van der Waals surface area (Å²) in [6, 6.07) is 14.4. The maximum absolute atomic E-state index is 12.9. The Morgan fingerprint density at radius 3 is 2.19 bits per heavy atom. The number of carbonyl (C=O) groups excluding carboxylic acids is 1. The Bertz CT molecular complexity index is 874. The summed E-state index contributed by atoms with van der Waals surface area (Å²) in [6.07, 6.45) is 1.37. The molecule has 0 aromatic heterocycles. The second-order valence-electron chi connectivity index (χ2n) is 6.87. The first-order valence-electron chi connectivity index (χ1n) is 8.80. The molecule has 5 nitrogen and oxygen atoms in total. The van der Waals surface area contributed by atoms with Gasteiger partial charge in [-0.1, -0.05) is 35.4 Å². The second-order valence-corrected chi connectivity index (χ2v) is 8.81. The van der Waals surface area contributed by atoms with E-state index >= 15 is 0 Å². The molecule has 2 aromatic rings. The maximum Gasteiger partial charge on any atom is 0.243 e. The van der Waals surface area contributed by atoms with E-state index in [1.54, 1.807) is 24.3 Å². The Hall–Kier alpha value is -2.18. The number of amides is 1. The number of rotatable bonds is 4. The number of carbonyl (C=O) groups is 1. The molecule has 1 aliphatic rings. The van der Waals surface area contributed by atoms with E-state index in [0.717, 1.165) is 16.8 Å². The molecule has 1 aliphatic heterocycles. The fourth-order valence-electron chi connectivity index (χ4n) is 3.12. The third-order valence-electron chi connectivity index (χ3n) is 4.73. The minimum atomic E-state index is -3.57. The molecule has 3 rings (SSSR count). The molecular formula is C20H24N2O3S. The lowest BCUT2D eigenvalue weighted by atomic mass is 9.98. The van der Waals surface area contributed by atoms with Crippen molar-refractivity contribution in [2.75, 3.05) is 18.4 Å². The highest BCUT2D eigenvalue weighted by atomic mass is 32.2. The standard InChI is InChI=1S/C20H24N2O3S/c1-15-5-9-18(10-6-15)21-20(23)17-4-3-13-22(14-17)26(24,25)19-11-7-16(2)8-12-19/h5-12,17H,3-4,13-14H2,1-2H3,(H,21,23)/t17-/m1/s1. The minimum absolute atomic E-state index is 0.127. The fraction of sp³-hybridized carbons (Fsp3) is 0.350. The average molecular weight is 372 g/mol. The molecule has 0 saturated carbocycles. The summed E-state index contributed by atoms with van der Waals surface area (Å²) in [5.41, 5.74) is 2.87. The van der Waals surface area contributed by atoms with Crippen molar-refractivity contribution < 1.29 is 13.2 Å². The minimum Gasteiger partial charge on any atom is -0.326 e. The second kappa shape index (κ2) is 7.60. The van der Waals surface area contributed by atoms with Crippen molar-refractivity contribution in [2.24, 2.45) is 5.92 Å². The van der Waals surface area contributed by atoms with Crippen LogP contribution < -0.4 is 5.32 Å². The molecule has 1 saturated heterocycles. The number of sulfonamides is 1. The van der Waals surface area contributed by atoms with Crippen LogP contribution in [-0.2, 0) is 14.8 Å². The number of anilines is 1. The summed E-state index contributed by atoms with van der Waals surface area (Å²) in [6.45, 7) is 4.57. The molecular weight excluding hydrogens is 348 g/mol. The van der Waals surface area contributed by atoms with Crippen LogP contribution in [0.2, 0.25) is 0 Å². The van der Waals surface area contributed by atoms with Crippen LogP contribution in [0.25, 0.3) is 0 Å². The van der Waals surface area contributed by atoms with Crippen LogP contribution in [0, 0.1) is 19.8 Å². The molecule has 0 aliphatic carbocycles. The highest BCUT2D eigenvalue weighted by Crippen LogP contribution is 2.25. The molecule has 1 heterocycles. The van der Waals surface area contributed by atoms with Gasteiger partial charge >= 0.3 is 0 Å². The molecule has 1 fully saturated rings. The zero-order valence-electron chi connectivity index (χ0n) is 15.1. The summed E-state index contributed by atoms with van der Waals surface area (Å²) < 4.78 is 27.1. The Morgan fingerprint density at radius 2 is 1.58 bits per heavy atom. The molecule has 26 heavy (non-hydrogen) atoms. The van der Waals surface area contributed by atoms with Crippen molar-refractivity contribution in [1.82, 2.24) is 4.31 Å². The Balaban J connectivity index is 1.71. The zero-order chi connectivity index (χ0) is 18.7. The predicted octanol–water partition coefficient (Wildman–Crippen LogP) is 3.34. The van der Waals surface area contributed by atoms with Gasteiger partial charge in [0.25, 0.3) is 0 Å². The molecule has 1 amide bonds. The molecule has 0 radical (unpaired) electrons. The lowest BCUT2D eigenvalue weighted by Crippen LogP contribution is -2.43. The van der Waals surface area contributed by atoms with Gasteiger partial charge in [-0.15, -0.1) is 0 Å². The van der Waals surface area contributed by atoms with Gasteiger partial charge in [-0.05, 0) is 51.0 Å². The molecule has 2 aromatic carbocycles. The number of piperidine rings is 1. The van der Waals surface area contributed by atoms with Crippen LogP contribution in [0.5, 0.6) is 0 Å². The first-order valence-corrected chi connectivity index (χ1v) is 10.2. The number of hydrogen-bond donors (Lipinski definition) is 1. The Morgan fingerprint density at radius 1 is 1.00 bits per heavy atom. The lowest BCUT2D eigenvalue weighted by Gasteiger charge is -2.31. The number of hydrogen-bond acceptors (Lipinski definition) is 3. The van der Waals surface area contributed by atoms with Crippen molar-refractivity contribution in [1.29, 1.82) is 0 Å². The third-order valence-corrected chi connectivity index (χ3v) is 6.61. The van der Waals surface area contributed by atoms with Gasteiger partial charge in [0.1, 0.15) is 0 Å². The van der Waals surface area contributed by atoms with Gasteiger partial charge in [0, 0.05) is 18.8 Å². The Labute approximate surface area is 155 Å². The van der Waals surface area contributed by atoms with Gasteiger partial charge < -0.3 is 5.32 Å². The van der Waals surface area contributed by atoms with Gasteiger partial charge in [-0.25, -0.2) is 8.42 Å². The number of nitrogens with zero attached hydrogens (tertiary/aromatic N) is 1. The van der Waals surface area contributed by atoms with E-state index in [1.165, 1.54) is 4.31 Å². The molecule has 138 valence electrons. The topological polar surface area (TPSA) is 66.5 Å². The van der Waals surface area contributed by atoms with Crippen LogP contribution in [0.1, 0.15) is 24.0 Å². The highest BCUT2D eigenvalue weighted by Gasteiger charge is 2.33. The first-order chi connectivity index (χ1) is 12.4. The molecule has 1 atom stereocenters. The van der Waals surface area contributed by atoms with Gasteiger partial charge in [-0.3, -0.25) is 4.79 Å². The Kier molecular flexibility index (Phi) is 5.44. The van der Waals surface area contributed by atoms with Crippen LogP contribution in [0.15, 0.2) is 53.4 Å². The monoisotopic (exact) mass is 372 g/mol. The van der Waals surface area contributed by atoms with Crippen molar-refractivity contribution in [2.45, 2.75) is 31.6 Å². The van der Waals surface area contributed by atoms with Gasteiger partial charge in [0.05, 0.1) is 10.8 Å². The van der Waals surface area contributed by atoms with Gasteiger partial charge in [0.2, 0.25) is 15.9 Å². The van der Waals surface area contributed by atoms with E-state index in [-0.39, 0.29) is 23.3 Å². The normalized spacial score (nSPS) is 18.5. The smallest absolute Gasteiger partial charge is 0.243 e. The van der Waals surface area contributed by atoms with E-state index in [2.05, 4.69) is 5.32 Å². The molecule has 1 N–H and O–H groups in total. The number of aryl methyl sites for hydroxylation is 2. The van der Waals surface area contributed by atoms with Crippen molar-refractivity contribution in [3.63, 3.8) is 0 Å². The number of benzene rings is 2. The SMILES string of the molecule is Cc1ccc(NC(=O)[C@@H]2CCCN(S(=O)(=O)c3ccc(C)cc3)C2)cc1. The van der Waals surface area contributed by atoms with Crippen LogP contribution >= 0.6 is 0 Å².